The maximum Gasteiger partial charge on any atom is 0.321 e. The average molecular weight is 471 g/mol. The number of amides is 3. The topological polar surface area (TPSA) is 99.2 Å². The lowest BCUT2D eigenvalue weighted by molar-refractivity contribution is -0.117. The van der Waals surface area contributed by atoms with E-state index >= 15 is 0 Å². The van der Waals surface area contributed by atoms with Gasteiger partial charge in [0.15, 0.2) is 10.3 Å². The number of carbonyl (C=O) groups excluding carboxylic acids is 2. The average Bonchev–Trinajstić information content (AvgIpc) is 3.46. The van der Waals surface area contributed by atoms with Crippen molar-refractivity contribution in [3.63, 3.8) is 0 Å². The van der Waals surface area contributed by atoms with Crippen molar-refractivity contribution in [1.29, 1.82) is 0 Å². The minimum atomic E-state index is -0.176. The Morgan fingerprint density at radius 1 is 1.12 bits per heavy atom. The second-order valence-electron chi connectivity index (χ2n) is 8.47. The molecule has 168 valence electrons. The Morgan fingerprint density at radius 3 is 2.78 bits per heavy atom. The van der Waals surface area contributed by atoms with Crippen molar-refractivity contribution in [3.8, 4) is 0 Å². The molecule has 32 heavy (non-hydrogen) atoms. The van der Waals surface area contributed by atoms with Crippen LogP contribution < -0.4 is 16.0 Å². The summed E-state index contributed by atoms with van der Waals surface area (Å²) in [5.41, 5.74) is 3.10. The lowest BCUT2D eigenvalue weighted by Crippen LogP contribution is -2.36. The van der Waals surface area contributed by atoms with Gasteiger partial charge >= 0.3 is 6.03 Å². The summed E-state index contributed by atoms with van der Waals surface area (Å²) in [5.74, 6) is -0.0666. The molecule has 2 aromatic heterocycles. The number of anilines is 2. The molecule has 3 aromatic rings. The summed E-state index contributed by atoms with van der Waals surface area (Å²) in [5, 5.41) is 10.1. The van der Waals surface area contributed by atoms with Crippen molar-refractivity contribution in [2.24, 2.45) is 0 Å². The SMILES string of the molecule is Cc1ccc2nc(NC(=O)CN3CCc4nc(NC(=O)NC5CCCC5)sc4C3)sc2c1. The number of urea groups is 1. The Morgan fingerprint density at radius 2 is 1.94 bits per heavy atom. The largest absolute Gasteiger partial charge is 0.335 e. The van der Waals surface area contributed by atoms with Gasteiger partial charge in [0.25, 0.3) is 0 Å². The van der Waals surface area contributed by atoms with E-state index in [4.69, 9.17) is 0 Å². The van der Waals surface area contributed by atoms with Gasteiger partial charge in [0.1, 0.15) is 0 Å². The minimum absolute atomic E-state index is 0.0666. The molecule has 3 amide bonds. The predicted molar refractivity (Wildman–Crippen MR) is 128 cm³/mol. The summed E-state index contributed by atoms with van der Waals surface area (Å²) in [7, 11) is 0. The lowest BCUT2D eigenvalue weighted by Gasteiger charge is -2.24. The van der Waals surface area contributed by atoms with E-state index in [1.807, 2.05) is 19.1 Å². The number of aryl methyl sites for hydroxylation is 1. The zero-order chi connectivity index (χ0) is 22.1. The van der Waals surface area contributed by atoms with Crippen molar-refractivity contribution >= 4 is 55.1 Å². The van der Waals surface area contributed by atoms with E-state index in [1.54, 1.807) is 0 Å². The Balaban J connectivity index is 1.15. The first-order valence-corrected chi connectivity index (χ1v) is 12.6. The van der Waals surface area contributed by atoms with Crippen LogP contribution in [0.4, 0.5) is 15.1 Å². The Bertz CT molecular complexity index is 1150. The number of benzene rings is 1. The standard InChI is InChI=1S/C22H26N6O2S2/c1-13-6-7-15-17(10-13)31-21(24-15)26-19(29)12-28-9-8-16-18(11-28)32-22(25-16)27-20(30)23-14-4-2-3-5-14/h6-7,10,14H,2-5,8-9,11-12H2,1H3,(H,24,26,29)(H2,23,25,27,30). The molecule has 0 radical (unpaired) electrons. The van der Waals surface area contributed by atoms with Crippen LogP contribution in [0, 0.1) is 6.92 Å². The summed E-state index contributed by atoms with van der Waals surface area (Å²) in [4.78, 5) is 37.1. The van der Waals surface area contributed by atoms with Crippen LogP contribution >= 0.6 is 22.7 Å². The van der Waals surface area contributed by atoms with E-state index < -0.39 is 0 Å². The number of nitrogens with zero attached hydrogens (tertiary/aromatic N) is 3. The van der Waals surface area contributed by atoms with E-state index in [0.29, 0.717) is 23.4 Å². The summed E-state index contributed by atoms with van der Waals surface area (Å²) < 4.78 is 1.07. The summed E-state index contributed by atoms with van der Waals surface area (Å²) in [6.07, 6.45) is 5.23. The van der Waals surface area contributed by atoms with Crippen LogP contribution in [0.1, 0.15) is 41.8 Å². The summed E-state index contributed by atoms with van der Waals surface area (Å²) in [6, 6.07) is 6.18. The zero-order valence-electron chi connectivity index (χ0n) is 17.9. The van der Waals surface area contributed by atoms with Crippen molar-refractivity contribution in [3.05, 3.63) is 34.3 Å². The number of hydrogen-bond acceptors (Lipinski definition) is 7. The van der Waals surface area contributed by atoms with Gasteiger partial charge in [0, 0.05) is 30.4 Å². The van der Waals surface area contributed by atoms with Gasteiger partial charge in [-0.3, -0.25) is 15.0 Å². The van der Waals surface area contributed by atoms with Gasteiger partial charge in [-0.2, -0.15) is 0 Å². The molecule has 1 aliphatic carbocycles. The molecular formula is C22H26N6O2S2. The molecule has 3 heterocycles. The molecule has 1 aliphatic heterocycles. The highest BCUT2D eigenvalue weighted by atomic mass is 32.1. The molecule has 8 nitrogen and oxygen atoms in total. The molecule has 0 saturated heterocycles. The fourth-order valence-corrected chi connectivity index (χ4v) is 6.30. The fourth-order valence-electron chi connectivity index (χ4n) is 4.27. The third kappa shape index (κ3) is 4.92. The van der Waals surface area contributed by atoms with Gasteiger partial charge in [-0.15, -0.1) is 11.3 Å². The number of hydrogen-bond donors (Lipinski definition) is 3. The first kappa shape index (κ1) is 21.3. The number of carbonyl (C=O) groups is 2. The quantitative estimate of drug-likeness (QED) is 0.521. The van der Waals surface area contributed by atoms with Gasteiger partial charge in [-0.25, -0.2) is 14.8 Å². The van der Waals surface area contributed by atoms with Crippen LogP contribution in [-0.4, -0.2) is 45.9 Å². The fraction of sp³-hybridized carbons (Fsp3) is 0.455. The highest BCUT2D eigenvalue weighted by molar-refractivity contribution is 7.22. The van der Waals surface area contributed by atoms with Crippen LogP contribution in [-0.2, 0) is 17.8 Å². The van der Waals surface area contributed by atoms with E-state index in [0.717, 1.165) is 46.6 Å². The van der Waals surface area contributed by atoms with Gasteiger partial charge < -0.3 is 10.6 Å². The lowest BCUT2D eigenvalue weighted by atomic mass is 10.2. The third-order valence-electron chi connectivity index (χ3n) is 5.88. The monoisotopic (exact) mass is 470 g/mol. The van der Waals surface area contributed by atoms with Crippen LogP contribution in [0.25, 0.3) is 10.2 Å². The second-order valence-corrected chi connectivity index (χ2v) is 10.6. The smallest absolute Gasteiger partial charge is 0.321 e. The van der Waals surface area contributed by atoms with Gasteiger partial charge in [0.2, 0.25) is 5.91 Å². The Hall–Kier alpha value is -2.56. The normalized spacial score (nSPS) is 16.8. The highest BCUT2D eigenvalue weighted by Gasteiger charge is 2.24. The first-order chi connectivity index (χ1) is 15.5. The molecule has 3 N–H and O–H groups in total. The predicted octanol–water partition coefficient (Wildman–Crippen LogP) is 4.12. The van der Waals surface area contributed by atoms with Crippen LogP contribution in [0.5, 0.6) is 0 Å². The molecule has 5 rings (SSSR count). The number of thiazole rings is 2. The molecular weight excluding hydrogens is 444 g/mol. The molecule has 0 bridgehead atoms. The molecule has 1 saturated carbocycles. The van der Waals surface area contributed by atoms with Gasteiger partial charge in [0.05, 0.1) is 22.5 Å². The van der Waals surface area contributed by atoms with Crippen molar-refractivity contribution in [1.82, 2.24) is 20.2 Å². The first-order valence-electron chi connectivity index (χ1n) is 11.0. The Labute approximate surface area is 194 Å². The van der Waals surface area contributed by atoms with Crippen molar-refractivity contribution < 1.29 is 9.59 Å². The number of fused-ring (bicyclic) bond motifs is 2. The van der Waals surface area contributed by atoms with Gasteiger partial charge in [-0.05, 0) is 37.5 Å². The molecule has 10 heteroatoms. The number of nitrogens with one attached hydrogen (secondary N) is 3. The van der Waals surface area contributed by atoms with Crippen LogP contribution in [0.2, 0.25) is 0 Å². The number of aromatic nitrogens is 2. The highest BCUT2D eigenvalue weighted by Crippen LogP contribution is 2.29. The molecule has 0 spiro atoms. The molecule has 1 fully saturated rings. The minimum Gasteiger partial charge on any atom is -0.335 e. The molecule has 0 unspecified atom stereocenters. The second kappa shape index (κ2) is 9.13. The molecule has 2 aliphatic rings. The summed E-state index contributed by atoms with van der Waals surface area (Å²) in [6.45, 7) is 3.77. The van der Waals surface area contributed by atoms with Crippen molar-refractivity contribution in [2.45, 2.75) is 51.6 Å². The van der Waals surface area contributed by atoms with E-state index in [-0.39, 0.29) is 18.0 Å². The van der Waals surface area contributed by atoms with Gasteiger partial charge in [-0.1, -0.05) is 30.2 Å². The third-order valence-corrected chi connectivity index (χ3v) is 7.81. The zero-order valence-corrected chi connectivity index (χ0v) is 19.6. The summed E-state index contributed by atoms with van der Waals surface area (Å²) >= 11 is 2.99. The number of rotatable bonds is 5. The maximum atomic E-state index is 12.6. The van der Waals surface area contributed by atoms with E-state index in [9.17, 15) is 9.59 Å². The maximum absolute atomic E-state index is 12.6. The van der Waals surface area contributed by atoms with Crippen LogP contribution in [0.15, 0.2) is 18.2 Å². The Kier molecular flexibility index (Phi) is 6.07. The van der Waals surface area contributed by atoms with E-state index in [2.05, 4.69) is 36.9 Å². The molecule has 0 atom stereocenters. The van der Waals surface area contributed by atoms with Crippen LogP contribution in [0.3, 0.4) is 0 Å². The van der Waals surface area contributed by atoms with Crippen molar-refractivity contribution in [2.75, 3.05) is 23.7 Å². The molecule has 1 aromatic carbocycles. The van der Waals surface area contributed by atoms with E-state index in [1.165, 1.54) is 41.1 Å².